The van der Waals surface area contributed by atoms with E-state index in [1.807, 2.05) is 24.3 Å². The van der Waals surface area contributed by atoms with Crippen molar-refractivity contribution in [1.29, 1.82) is 5.26 Å². The molecule has 1 N–H and O–H groups in total. The van der Waals surface area contributed by atoms with Gasteiger partial charge in [0.15, 0.2) is 5.78 Å². The topological polar surface area (TPSA) is 76.4 Å². The van der Waals surface area contributed by atoms with Gasteiger partial charge < -0.3 is 10.2 Å². The fraction of sp³-hybridized carbons (Fsp3) is 0.519. The van der Waals surface area contributed by atoms with Gasteiger partial charge in [0.25, 0.3) is 0 Å². The number of amides is 1. The molecule has 2 aliphatic rings. The minimum Gasteiger partial charge on any atom is -0.369 e. The lowest BCUT2D eigenvalue weighted by Crippen LogP contribution is -2.48. The van der Waals surface area contributed by atoms with Gasteiger partial charge in [0.2, 0.25) is 5.91 Å². The van der Waals surface area contributed by atoms with Crippen LogP contribution in [-0.4, -0.2) is 49.3 Å². The zero-order valence-electron chi connectivity index (χ0n) is 20.6. The predicted molar refractivity (Wildman–Crippen MR) is 138 cm³/mol. The third-order valence-corrected chi connectivity index (χ3v) is 8.40. The summed E-state index contributed by atoms with van der Waals surface area (Å²) in [5.41, 5.74) is 3.88. The van der Waals surface area contributed by atoms with Crippen molar-refractivity contribution in [2.45, 2.75) is 47.0 Å². The maximum Gasteiger partial charge on any atom is 0.239 e. The summed E-state index contributed by atoms with van der Waals surface area (Å²) in [4.78, 5) is 30.0. The maximum atomic E-state index is 12.8. The Morgan fingerprint density at radius 2 is 1.82 bits per heavy atom. The molecule has 1 aliphatic heterocycles. The Balaban J connectivity index is 1.33. The number of nitrogens with one attached hydrogen (secondary N) is 1. The Morgan fingerprint density at radius 3 is 2.41 bits per heavy atom. The Morgan fingerprint density at radius 1 is 1.15 bits per heavy atom. The molecule has 6 nitrogen and oxygen atoms in total. The van der Waals surface area contributed by atoms with E-state index in [9.17, 15) is 14.9 Å². The number of thiophene rings is 1. The summed E-state index contributed by atoms with van der Waals surface area (Å²) >= 11 is 1.59. The zero-order valence-corrected chi connectivity index (χ0v) is 21.4. The van der Waals surface area contributed by atoms with E-state index in [-0.39, 0.29) is 17.1 Å². The standard InChI is InChI=1S/C27H34N4O2S/c1-18(32)19-5-8-21(9-6-19)31-13-11-30(12-14-31)17-25(33)29-26-23(16-28)22-10-7-20(27(2,3)4)15-24(22)34-26/h5-6,8-9,20H,7,10-15,17H2,1-4H3,(H,29,33). The lowest BCUT2D eigenvalue weighted by molar-refractivity contribution is -0.117. The number of hydrogen-bond donors (Lipinski definition) is 1. The smallest absolute Gasteiger partial charge is 0.239 e. The van der Waals surface area contributed by atoms with Gasteiger partial charge >= 0.3 is 0 Å². The van der Waals surface area contributed by atoms with Crippen LogP contribution in [0.3, 0.4) is 0 Å². The molecule has 1 atom stereocenters. The van der Waals surface area contributed by atoms with Crippen LogP contribution in [0, 0.1) is 22.7 Å². The van der Waals surface area contributed by atoms with Crippen LogP contribution in [0.25, 0.3) is 0 Å². The van der Waals surface area contributed by atoms with Crippen LogP contribution < -0.4 is 10.2 Å². The number of ketones is 1. The van der Waals surface area contributed by atoms with Gasteiger partial charge in [-0.3, -0.25) is 14.5 Å². The summed E-state index contributed by atoms with van der Waals surface area (Å²) in [6.07, 6.45) is 3.00. The summed E-state index contributed by atoms with van der Waals surface area (Å²) in [5.74, 6) is 0.619. The molecule has 0 bridgehead atoms. The van der Waals surface area contributed by atoms with E-state index in [1.54, 1.807) is 18.3 Å². The number of hydrogen-bond acceptors (Lipinski definition) is 6. The minimum absolute atomic E-state index is 0.0540. The number of Topliss-reactive ketones (excluding diaryl/α,β-unsaturated/α-hetero) is 1. The van der Waals surface area contributed by atoms with Gasteiger partial charge in [-0.25, -0.2) is 0 Å². The molecule has 2 heterocycles. The van der Waals surface area contributed by atoms with Crippen molar-refractivity contribution >= 4 is 33.7 Å². The molecule has 0 spiro atoms. The highest BCUT2D eigenvalue weighted by molar-refractivity contribution is 7.16. The average Bonchev–Trinajstić information content (AvgIpc) is 3.15. The number of rotatable bonds is 5. The van der Waals surface area contributed by atoms with Crippen molar-refractivity contribution in [2.75, 3.05) is 42.9 Å². The molecule has 1 amide bonds. The van der Waals surface area contributed by atoms with Crippen LogP contribution in [0.4, 0.5) is 10.7 Å². The first-order valence-corrected chi connectivity index (χ1v) is 12.9. The van der Waals surface area contributed by atoms with E-state index < -0.39 is 0 Å². The Bertz CT molecular complexity index is 1100. The molecule has 4 rings (SSSR count). The number of carbonyl (C=O) groups excluding carboxylic acids is 2. The maximum absolute atomic E-state index is 12.8. The van der Waals surface area contributed by atoms with Crippen LogP contribution in [0.5, 0.6) is 0 Å². The summed E-state index contributed by atoms with van der Waals surface area (Å²) in [6, 6.07) is 10.1. The SMILES string of the molecule is CC(=O)c1ccc(N2CCN(CC(=O)Nc3sc4c(c3C#N)CCC(C(C)(C)C)C4)CC2)cc1. The van der Waals surface area contributed by atoms with Crippen molar-refractivity contribution < 1.29 is 9.59 Å². The van der Waals surface area contributed by atoms with E-state index in [1.165, 1.54) is 4.88 Å². The van der Waals surface area contributed by atoms with E-state index in [0.29, 0.717) is 18.0 Å². The van der Waals surface area contributed by atoms with Gasteiger partial charge in [-0.15, -0.1) is 11.3 Å². The van der Waals surface area contributed by atoms with Gasteiger partial charge in [0.1, 0.15) is 11.1 Å². The first-order chi connectivity index (χ1) is 16.2. The third-order valence-electron chi connectivity index (χ3n) is 7.23. The minimum atomic E-state index is -0.0540. The molecule has 0 radical (unpaired) electrons. The second kappa shape index (κ2) is 9.89. The number of anilines is 2. The highest BCUT2D eigenvalue weighted by Crippen LogP contribution is 2.44. The fourth-order valence-electron chi connectivity index (χ4n) is 4.97. The third kappa shape index (κ3) is 5.34. The highest BCUT2D eigenvalue weighted by atomic mass is 32.1. The number of carbonyl (C=O) groups is 2. The normalized spacial score (nSPS) is 18.8. The van der Waals surface area contributed by atoms with Gasteiger partial charge in [-0.2, -0.15) is 5.26 Å². The van der Waals surface area contributed by atoms with Crippen molar-refractivity contribution in [2.24, 2.45) is 11.3 Å². The van der Waals surface area contributed by atoms with Crippen LogP contribution in [0.15, 0.2) is 24.3 Å². The molecule has 7 heteroatoms. The molecule has 2 aromatic rings. The molecule has 1 saturated heterocycles. The summed E-state index contributed by atoms with van der Waals surface area (Å²) < 4.78 is 0. The van der Waals surface area contributed by atoms with Gasteiger partial charge in [0, 0.05) is 42.3 Å². The van der Waals surface area contributed by atoms with Crippen LogP contribution in [0.2, 0.25) is 0 Å². The summed E-state index contributed by atoms with van der Waals surface area (Å²) in [5, 5.41) is 13.5. The summed E-state index contributed by atoms with van der Waals surface area (Å²) in [7, 11) is 0. The summed E-state index contributed by atoms with van der Waals surface area (Å²) in [6.45, 7) is 12.0. The van der Waals surface area contributed by atoms with Crippen molar-refractivity contribution in [3.05, 3.63) is 45.8 Å². The molecule has 1 aromatic heterocycles. The highest BCUT2D eigenvalue weighted by Gasteiger charge is 2.32. The lowest BCUT2D eigenvalue weighted by Gasteiger charge is -2.35. The molecular formula is C27H34N4O2S. The molecule has 1 unspecified atom stereocenters. The van der Waals surface area contributed by atoms with Crippen LogP contribution in [-0.2, 0) is 17.6 Å². The Kier molecular flexibility index (Phi) is 7.11. The first-order valence-electron chi connectivity index (χ1n) is 12.1. The quantitative estimate of drug-likeness (QED) is 0.629. The van der Waals surface area contributed by atoms with Crippen molar-refractivity contribution in [3.63, 3.8) is 0 Å². The second-order valence-electron chi connectivity index (χ2n) is 10.5. The molecular weight excluding hydrogens is 444 g/mol. The Hall–Kier alpha value is -2.69. The molecule has 0 saturated carbocycles. The molecule has 1 fully saturated rings. The van der Waals surface area contributed by atoms with E-state index in [0.717, 1.165) is 67.3 Å². The predicted octanol–water partition coefficient (Wildman–Crippen LogP) is 4.73. The number of nitriles is 1. The number of fused-ring (bicyclic) bond motifs is 1. The monoisotopic (exact) mass is 478 g/mol. The number of piperazine rings is 1. The first kappa shape index (κ1) is 24.4. The second-order valence-corrected chi connectivity index (χ2v) is 11.6. The zero-order chi connectivity index (χ0) is 24.5. The van der Waals surface area contributed by atoms with Crippen molar-refractivity contribution in [3.8, 4) is 6.07 Å². The molecule has 1 aliphatic carbocycles. The molecule has 1 aromatic carbocycles. The van der Waals surface area contributed by atoms with E-state index >= 15 is 0 Å². The van der Waals surface area contributed by atoms with Crippen molar-refractivity contribution in [1.82, 2.24) is 4.90 Å². The van der Waals surface area contributed by atoms with Crippen LogP contribution >= 0.6 is 11.3 Å². The van der Waals surface area contributed by atoms with Gasteiger partial charge in [-0.1, -0.05) is 20.8 Å². The van der Waals surface area contributed by atoms with Crippen LogP contribution in [0.1, 0.15) is 60.5 Å². The fourth-order valence-corrected chi connectivity index (χ4v) is 6.27. The molecule has 34 heavy (non-hydrogen) atoms. The van der Waals surface area contributed by atoms with E-state index in [2.05, 4.69) is 42.0 Å². The average molecular weight is 479 g/mol. The lowest BCUT2D eigenvalue weighted by atomic mass is 9.72. The van der Waals surface area contributed by atoms with Gasteiger partial charge in [0.05, 0.1) is 12.1 Å². The number of nitrogens with zero attached hydrogens (tertiary/aromatic N) is 3. The van der Waals surface area contributed by atoms with Gasteiger partial charge in [-0.05, 0) is 67.3 Å². The molecule has 180 valence electrons. The Labute approximate surface area is 206 Å². The van der Waals surface area contributed by atoms with E-state index in [4.69, 9.17) is 0 Å². The largest absolute Gasteiger partial charge is 0.369 e. The number of benzene rings is 1.